The zero-order valence-corrected chi connectivity index (χ0v) is 11.9. The molecule has 100 valence electrons. The van der Waals surface area contributed by atoms with E-state index in [1.807, 2.05) is 12.1 Å². The minimum Gasteiger partial charge on any atom is -0.456 e. The zero-order chi connectivity index (χ0) is 14.1. The van der Waals surface area contributed by atoms with Crippen molar-refractivity contribution in [1.29, 1.82) is 0 Å². The summed E-state index contributed by atoms with van der Waals surface area (Å²) < 4.78 is 6.13. The number of hydrogen-bond donors (Lipinski definition) is 0. The Kier molecular flexibility index (Phi) is 3.19. The van der Waals surface area contributed by atoms with Gasteiger partial charge in [0, 0.05) is 10.9 Å². The second-order valence-corrected chi connectivity index (χ2v) is 5.26. The molecule has 0 unspecified atom stereocenters. The first-order valence-corrected chi connectivity index (χ1v) is 6.89. The fourth-order valence-electron chi connectivity index (χ4n) is 2.68. The second kappa shape index (κ2) is 5.01. The Hall–Kier alpha value is -2.28. The molecule has 0 saturated carbocycles. The summed E-state index contributed by atoms with van der Waals surface area (Å²) in [5.41, 5.74) is 5.83. The molecule has 3 aromatic rings. The van der Waals surface area contributed by atoms with Crippen molar-refractivity contribution in [2.24, 2.45) is 0 Å². The van der Waals surface area contributed by atoms with Crippen LogP contribution in [0.4, 0.5) is 0 Å². The molecule has 3 rings (SSSR count). The molecular formula is C19H18O. The molecule has 0 saturated heterocycles. The van der Waals surface area contributed by atoms with Crippen LogP contribution in [0.15, 0.2) is 59.5 Å². The fourth-order valence-corrected chi connectivity index (χ4v) is 2.68. The molecule has 0 aliphatic heterocycles. The summed E-state index contributed by atoms with van der Waals surface area (Å²) in [6.45, 7) is 8.06. The predicted molar refractivity (Wildman–Crippen MR) is 85.0 cm³/mol. The van der Waals surface area contributed by atoms with E-state index in [4.69, 9.17) is 4.42 Å². The molecule has 0 aliphatic rings. The van der Waals surface area contributed by atoms with Crippen LogP contribution in [0.2, 0.25) is 0 Å². The maximum atomic E-state index is 6.13. The molecule has 0 radical (unpaired) electrons. The highest BCUT2D eigenvalue weighted by atomic mass is 16.3. The number of hydrogen-bond acceptors (Lipinski definition) is 1. The van der Waals surface area contributed by atoms with Crippen LogP contribution in [0.1, 0.15) is 16.7 Å². The summed E-state index contributed by atoms with van der Waals surface area (Å²) in [4.78, 5) is 0. The molecule has 1 heterocycles. The highest BCUT2D eigenvalue weighted by Crippen LogP contribution is 2.32. The minimum absolute atomic E-state index is 0.832. The van der Waals surface area contributed by atoms with Crippen LogP contribution in [0.5, 0.6) is 0 Å². The lowest BCUT2D eigenvalue weighted by Gasteiger charge is -2.02. The van der Waals surface area contributed by atoms with Crippen molar-refractivity contribution in [3.63, 3.8) is 0 Å². The second-order valence-electron chi connectivity index (χ2n) is 5.26. The average Bonchev–Trinajstić information content (AvgIpc) is 2.83. The standard InChI is InChI=1S/C19H18O/c1-4-7-15-10-13(2)11-16-12-18(20-19(15)16)17-9-6-5-8-14(17)3/h4-6,8-12H,1,7H2,2-3H3. The zero-order valence-electron chi connectivity index (χ0n) is 11.9. The van der Waals surface area contributed by atoms with Gasteiger partial charge in [-0.3, -0.25) is 0 Å². The smallest absolute Gasteiger partial charge is 0.138 e. The van der Waals surface area contributed by atoms with Gasteiger partial charge in [0.1, 0.15) is 11.3 Å². The third-order valence-corrected chi connectivity index (χ3v) is 3.61. The molecule has 0 spiro atoms. The van der Waals surface area contributed by atoms with Crippen LogP contribution in [0.3, 0.4) is 0 Å². The van der Waals surface area contributed by atoms with Crippen LogP contribution in [-0.2, 0) is 6.42 Å². The summed E-state index contributed by atoms with van der Waals surface area (Å²) in [6.07, 6.45) is 2.75. The Bertz CT molecular complexity index is 778. The van der Waals surface area contributed by atoms with Crippen LogP contribution in [0.25, 0.3) is 22.3 Å². The minimum atomic E-state index is 0.832. The van der Waals surface area contributed by atoms with E-state index in [1.165, 1.54) is 22.1 Å². The van der Waals surface area contributed by atoms with Crippen LogP contribution in [0, 0.1) is 13.8 Å². The number of rotatable bonds is 3. The molecule has 1 heteroatoms. The SMILES string of the molecule is C=CCc1cc(C)cc2cc(-c3ccccc3C)oc12. The Balaban J connectivity index is 2.23. The third kappa shape index (κ3) is 2.16. The average molecular weight is 262 g/mol. The Morgan fingerprint density at radius 2 is 1.90 bits per heavy atom. The van der Waals surface area contributed by atoms with E-state index in [0.717, 1.165) is 23.3 Å². The molecule has 0 amide bonds. The van der Waals surface area contributed by atoms with Crippen molar-refractivity contribution in [3.05, 3.63) is 71.8 Å². The van der Waals surface area contributed by atoms with Gasteiger partial charge >= 0.3 is 0 Å². The van der Waals surface area contributed by atoms with E-state index in [9.17, 15) is 0 Å². The Morgan fingerprint density at radius 3 is 2.65 bits per heavy atom. The van der Waals surface area contributed by atoms with E-state index in [1.54, 1.807) is 0 Å². The van der Waals surface area contributed by atoms with Gasteiger partial charge in [-0.05, 0) is 49.1 Å². The Morgan fingerprint density at radius 1 is 1.10 bits per heavy atom. The molecule has 0 aliphatic carbocycles. The predicted octanol–water partition coefficient (Wildman–Crippen LogP) is 5.45. The normalized spacial score (nSPS) is 10.9. The van der Waals surface area contributed by atoms with E-state index in [0.29, 0.717) is 0 Å². The topological polar surface area (TPSA) is 13.1 Å². The van der Waals surface area contributed by atoms with Crippen molar-refractivity contribution in [1.82, 2.24) is 0 Å². The van der Waals surface area contributed by atoms with Crippen molar-refractivity contribution < 1.29 is 4.42 Å². The number of furan rings is 1. The van der Waals surface area contributed by atoms with Crippen molar-refractivity contribution in [2.75, 3.05) is 0 Å². The number of aryl methyl sites for hydroxylation is 2. The van der Waals surface area contributed by atoms with Gasteiger partial charge in [0.25, 0.3) is 0 Å². The summed E-state index contributed by atoms with van der Waals surface area (Å²) in [5, 5.41) is 1.17. The van der Waals surface area contributed by atoms with Gasteiger partial charge in [0.15, 0.2) is 0 Å². The lowest BCUT2D eigenvalue weighted by atomic mass is 10.0. The van der Waals surface area contributed by atoms with Crippen LogP contribution < -0.4 is 0 Å². The van der Waals surface area contributed by atoms with Gasteiger partial charge in [-0.2, -0.15) is 0 Å². The molecular weight excluding hydrogens is 244 g/mol. The van der Waals surface area contributed by atoms with Crippen LogP contribution >= 0.6 is 0 Å². The maximum absolute atomic E-state index is 6.13. The van der Waals surface area contributed by atoms with Gasteiger partial charge in [-0.15, -0.1) is 6.58 Å². The van der Waals surface area contributed by atoms with E-state index < -0.39 is 0 Å². The van der Waals surface area contributed by atoms with Gasteiger partial charge in [0.2, 0.25) is 0 Å². The summed E-state index contributed by atoms with van der Waals surface area (Å²) in [6, 6.07) is 14.8. The highest BCUT2D eigenvalue weighted by Gasteiger charge is 2.11. The van der Waals surface area contributed by atoms with Gasteiger partial charge < -0.3 is 4.42 Å². The van der Waals surface area contributed by atoms with Crippen molar-refractivity contribution in [3.8, 4) is 11.3 Å². The summed E-state index contributed by atoms with van der Waals surface area (Å²) in [5.74, 6) is 0.939. The first-order valence-electron chi connectivity index (χ1n) is 6.89. The molecule has 1 aromatic heterocycles. The first-order chi connectivity index (χ1) is 9.69. The van der Waals surface area contributed by atoms with E-state index in [2.05, 4.69) is 56.8 Å². The summed E-state index contributed by atoms with van der Waals surface area (Å²) in [7, 11) is 0. The molecule has 0 bridgehead atoms. The first kappa shape index (κ1) is 12.7. The summed E-state index contributed by atoms with van der Waals surface area (Å²) >= 11 is 0. The third-order valence-electron chi connectivity index (χ3n) is 3.61. The highest BCUT2D eigenvalue weighted by molar-refractivity contribution is 5.86. The monoisotopic (exact) mass is 262 g/mol. The molecule has 1 nitrogen and oxygen atoms in total. The molecule has 0 atom stereocenters. The lowest BCUT2D eigenvalue weighted by molar-refractivity contribution is 0.627. The number of benzene rings is 2. The number of fused-ring (bicyclic) bond motifs is 1. The van der Waals surface area contributed by atoms with Gasteiger partial charge in [-0.25, -0.2) is 0 Å². The fraction of sp³-hybridized carbons (Fsp3) is 0.158. The number of allylic oxidation sites excluding steroid dienone is 1. The molecule has 20 heavy (non-hydrogen) atoms. The van der Waals surface area contributed by atoms with Crippen molar-refractivity contribution in [2.45, 2.75) is 20.3 Å². The largest absolute Gasteiger partial charge is 0.456 e. The van der Waals surface area contributed by atoms with Gasteiger partial charge in [-0.1, -0.05) is 36.4 Å². The molecule has 0 fully saturated rings. The quantitative estimate of drug-likeness (QED) is 0.572. The molecule has 0 N–H and O–H groups in total. The maximum Gasteiger partial charge on any atom is 0.138 e. The van der Waals surface area contributed by atoms with E-state index >= 15 is 0 Å². The van der Waals surface area contributed by atoms with E-state index in [-0.39, 0.29) is 0 Å². The lowest BCUT2D eigenvalue weighted by Crippen LogP contribution is -1.83. The molecule has 2 aromatic carbocycles. The van der Waals surface area contributed by atoms with Gasteiger partial charge in [0.05, 0.1) is 0 Å². The van der Waals surface area contributed by atoms with Crippen molar-refractivity contribution >= 4 is 11.0 Å². The van der Waals surface area contributed by atoms with Crippen LogP contribution in [-0.4, -0.2) is 0 Å². The Labute approximate surface area is 119 Å².